The molecule has 0 aromatic heterocycles. The lowest BCUT2D eigenvalue weighted by molar-refractivity contribution is -0.297. The van der Waals surface area contributed by atoms with Crippen molar-refractivity contribution in [2.45, 2.75) is 18.7 Å². The fourth-order valence-corrected chi connectivity index (χ4v) is 1.13. The normalized spacial score (nSPS) is 12.6. The minimum Gasteiger partial charge on any atom is -0.370 e. The van der Waals surface area contributed by atoms with Gasteiger partial charge in [0.1, 0.15) is 6.61 Å². The van der Waals surface area contributed by atoms with Crippen LogP contribution in [0.5, 0.6) is 0 Å². The third-order valence-corrected chi connectivity index (χ3v) is 2.06. The number of nitrogen functional groups attached to an aromatic ring is 1. The van der Waals surface area contributed by atoms with E-state index in [-0.39, 0.29) is 6.61 Å². The molecule has 8 heteroatoms. The van der Waals surface area contributed by atoms with E-state index >= 15 is 0 Å². The van der Waals surface area contributed by atoms with Crippen LogP contribution in [0.4, 0.5) is 27.6 Å². The minimum absolute atomic E-state index is 0.360. The van der Waals surface area contributed by atoms with Gasteiger partial charge in [-0.1, -0.05) is 12.1 Å². The van der Waals surface area contributed by atoms with E-state index in [0.29, 0.717) is 11.3 Å². The van der Waals surface area contributed by atoms with Gasteiger partial charge in [0.25, 0.3) is 0 Å². The molecule has 1 rings (SSSR count). The van der Waals surface area contributed by atoms with Crippen LogP contribution in [-0.2, 0) is 11.3 Å². The van der Waals surface area contributed by atoms with Crippen LogP contribution in [0.1, 0.15) is 5.56 Å². The Bertz CT molecular complexity index is 394. The highest BCUT2D eigenvalue weighted by Gasteiger charge is 2.57. The standard InChI is InChI=1S/C10H11F5N2O/c11-9(12,10(13,14)15)6-18-5-7-2-1-3-8(4-7)17-16/h1-4,17H,5-6,16H2. The zero-order valence-electron chi connectivity index (χ0n) is 9.10. The van der Waals surface area contributed by atoms with Crippen molar-refractivity contribution >= 4 is 5.69 Å². The second-order valence-electron chi connectivity index (χ2n) is 3.54. The minimum atomic E-state index is -5.60. The molecule has 102 valence electrons. The number of anilines is 1. The summed E-state index contributed by atoms with van der Waals surface area (Å²) < 4.78 is 64.8. The van der Waals surface area contributed by atoms with E-state index in [4.69, 9.17) is 5.84 Å². The third-order valence-electron chi connectivity index (χ3n) is 2.06. The second kappa shape index (κ2) is 5.49. The van der Waals surface area contributed by atoms with Crippen molar-refractivity contribution in [1.29, 1.82) is 0 Å². The van der Waals surface area contributed by atoms with Crippen LogP contribution in [0.25, 0.3) is 0 Å². The molecule has 0 unspecified atom stereocenters. The lowest BCUT2D eigenvalue weighted by atomic mass is 10.2. The van der Waals surface area contributed by atoms with Gasteiger partial charge in [0, 0.05) is 5.69 Å². The molecule has 1 aromatic carbocycles. The summed E-state index contributed by atoms with van der Waals surface area (Å²) in [6.07, 6.45) is -5.60. The highest BCUT2D eigenvalue weighted by atomic mass is 19.4. The highest BCUT2D eigenvalue weighted by molar-refractivity contribution is 5.44. The van der Waals surface area contributed by atoms with E-state index < -0.39 is 18.7 Å². The fourth-order valence-electron chi connectivity index (χ4n) is 1.13. The molecule has 0 spiro atoms. The molecular weight excluding hydrogens is 259 g/mol. The average Bonchev–Trinajstić information content (AvgIpc) is 2.27. The molecule has 0 radical (unpaired) electrons. The van der Waals surface area contributed by atoms with Crippen molar-refractivity contribution in [3.05, 3.63) is 29.8 Å². The number of alkyl halides is 5. The molecule has 0 heterocycles. The fraction of sp³-hybridized carbons (Fsp3) is 0.400. The number of nitrogens with one attached hydrogen (secondary N) is 1. The number of rotatable bonds is 5. The Morgan fingerprint density at radius 3 is 2.39 bits per heavy atom. The molecule has 0 aliphatic heterocycles. The van der Waals surface area contributed by atoms with Gasteiger partial charge in [-0.15, -0.1) is 0 Å². The highest BCUT2D eigenvalue weighted by Crippen LogP contribution is 2.35. The number of hydrazine groups is 1. The molecule has 0 saturated heterocycles. The molecule has 3 nitrogen and oxygen atoms in total. The maximum absolute atomic E-state index is 12.5. The predicted molar refractivity (Wildman–Crippen MR) is 54.9 cm³/mol. The Morgan fingerprint density at radius 1 is 1.17 bits per heavy atom. The molecule has 0 saturated carbocycles. The summed E-state index contributed by atoms with van der Waals surface area (Å²) in [4.78, 5) is 0. The molecule has 0 aliphatic carbocycles. The van der Waals surface area contributed by atoms with Gasteiger partial charge < -0.3 is 10.2 Å². The van der Waals surface area contributed by atoms with Gasteiger partial charge >= 0.3 is 12.1 Å². The van der Waals surface area contributed by atoms with Crippen LogP contribution >= 0.6 is 0 Å². The van der Waals surface area contributed by atoms with Crippen LogP contribution in [0.15, 0.2) is 24.3 Å². The molecule has 3 N–H and O–H groups in total. The number of benzene rings is 1. The van der Waals surface area contributed by atoms with Gasteiger partial charge in [0.15, 0.2) is 0 Å². The van der Waals surface area contributed by atoms with E-state index in [1.807, 2.05) is 0 Å². The number of halogens is 5. The summed E-state index contributed by atoms with van der Waals surface area (Å²) >= 11 is 0. The van der Waals surface area contributed by atoms with Gasteiger partial charge in [0.05, 0.1) is 6.61 Å². The van der Waals surface area contributed by atoms with Crippen molar-refractivity contribution < 1.29 is 26.7 Å². The van der Waals surface area contributed by atoms with Gasteiger partial charge in [0.2, 0.25) is 0 Å². The quantitative estimate of drug-likeness (QED) is 0.491. The molecular formula is C10H11F5N2O. The lowest BCUT2D eigenvalue weighted by Crippen LogP contribution is -2.40. The smallest absolute Gasteiger partial charge is 0.370 e. The molecule has 0 aliphatic rings. The van der Waals surface area contributed by atoms with Gasteiger partial charge in [-0.05, 0) is 17.7 Å². The molecule has 0 bridgehead atoms. The Morgan fingerprint density at radius 2 is 1.83 bits per heavy atom. The van der Waals surface area contributed by atoms with Crippen LogP contribution in [0.3, 0.4) is 0 Å². The summed E-state index contributed by atoms with van der Waals surface area (Å²) in [5.41, 5.74) is 3.25. The first-order chi connectivity index (χ1) is 8.26. The maximum Gasteiger partial charge on any atom is 0.455 e. The van der Waals surface area contributed by atoms with Gasteiger partial charge in [-0.3, -0.25) is 5.84 Å². The number of hydrogen-bond acceptors (Lipinski definition) is 3. The van der Waals surface area contributed by atoms with Crippen molar-refractivity contribution in [2.24, 2.45) is 5.84 Å². The number of hydrogen-bond donors (Lipinski definition) is 2. The third kappa shape index (κ3) is 3.81. The second-order valence-corrected chi connectivity index (χ2v) is 3.54. The molecule has 0 amide bonds. The zero-order valence-corrected chi connectivity index (χ0v) is 9.10. The monoisotopic (exact) mass is 270 g/mol. The lowest BCUT2D eigenvalue weighted by Gasteiger charge is -2.19. The zero-order chi connectivity index (χ0) is 13.8. The van der Waals surface area contributed by atoms with Crippen LogP contribution in [0, 0.1) is 0 Å². The summed E-state index contributed by atoms with van der Waals surface area (Å²) in [5, 5.41) is 0. The van der Waals surface area contributed by atoms with Crippen molar-refractivity contribution in [3.63, 3.8) is 0 Å². The Balaban J connectivity index is 2.51. The first kappa shape index (κ1) is 14.7. The summed E-state index contributed by atoms with van der Waals surface area (Å²) in [6.45, 7) is -2.07. The van der Waals surface area contributed by atoms with E-state index in [0.717, 1.165) is 0 Å². The average molecular weight is 270 g/mol. The van der Waals surface area contributed by atoms with Crippen molar-refractivity contribution in [2.75, 3.05) is 12.0 Å². The number of ether oxygens (including phenoxy) is 1. The summed E-state index contributed by atoms with van der Waals surface area (Å²) in [7, 11) is 0. The van der Waals surface area contributed by atoms with Crippen LogP contribution in [0.2, 0.25) is 0 Å². The Hall–Kier alpha value is -1.41. The maximum atomic E-state index is 12.5. The largest absolute Gasteiger partial charge is 0.455 e. The van der Waals surface area contributed by atoms with Crippen molar-refractivity contribution in [1.82, 2.24) is 0 Å². The molecule has 1 aromatic rings. The molecule has 0 fully saturated rings. The SMILES string of the molecule is NNc1cccc(COCC(F)(F)C(F)(F)F)c1. The van der Waals surface area contributed by atoms with Gasteiger partial charge in [-0.25, -0.2) is 0 Å². The molecule has 0 atom stereocenters. The summed E-state index contributed by atoms with van der Waals surface area (Å²) in [5.74, 6) is 0.264. The Kier molecular flexibility index (Phi) is 4.47. The van der Waals surface area contributed by atoms with Crippen LogP contribution in [-0.4, -0.2) is 18.7 Å². The van der Waals surface area contributed by atoms with Crippen LogP contribution < -0.4 is 11.3 Å². The molecule has 18 heavy (non-hydrogen) atoms. The van der Waals surface area contributed by atoms with Crippen molar-refractivity contribution in [3.8, 4) is 0 Å². The first-order valence-corrected chi connectivity index (χ1v) is 4.84. The number of nitrogens with two attached hydrogens (primary N) is 1. The summed E-state index contributed by atoms with van der Waals surface area (Å²) in [6, 6.07) is 6.17. The van der Waals surface area contributed by atoms with Gasteiger partial charge in [-0.2, -0.15) is 22.0 Å². The predicted octanol–water partition coefficient (Wildman–Crippen LogP) is 2.69. The topological polar surface area (TPSA) is 47.3 Å². The first-order valence-electron chi connectivity index (χ1n) is 4.84. The van der Waals surface area contributed by atoms with E-state index in [1.54, 1.807) is 12.1 Å². The van der Waals surface area contributed by atoms with E-state index in [9.17, 15) is 22.0 Å². The Labute approximate surface area is 99.7 Å². The van der Waals surface area contributed by atoms with E-state index in [2.05, 4.69) is 10.2 Å². The van der Waals surface area contributed by atoms with E-state index in [1.165, 1.54) is 12.1 Å².